The SMILES string of the molecule is CNS(=O)(=O)CCNCCCN. The van der Waals surface area contributed by atoms with Gasteiger partial charge in [0.1, 0.15) is 0 Å². The molecular formula is C6H17N3O2S. The van der Waals surface area contributed by atoms with E-state index in [2.05, 4.69) is 10.0 Å². The molecular weight excluding hydrogens is 178 g/mol. The quantitative estimate of drug-likeness (QED) is 0.430. The van der Waals surface area contributed by atoms with E-state index in [1.165, 1.54) is 7.05 Å². The van der Waals surface area contributed by atoms with Gasteiger partial charge in [0.25, 0.3) is 0 Å². The number of hydrogen-bond acceptors (Lipinski definition) is 4. The molecule has 0 aliphatic rings. The van der Waals surface area contributed by atoms with Crippen LogP contribution < -0.4 is 15.8 Å². The lowest BCUT2D eigenvalue weighted by molar-refractivity contribution is 0.582. The number of hydrogen-bond donors (Lipinski definition) is 3. The molecule has 0 heterocycles. The van der Waals surface area contributed by atoms with Crippen molar-refractivity contribution in [3.8, 4) is 0 Å². The van der Waals surface area contributed by atoms with Crippen LogP contribution >= 0.6 is 0 Å². The normalized spacial score (nSPS) is 11.8. The number of sulfonamides is 1. The molecule has 0 aliphatic carbocycles. The first kappa shape index (κ1) is 11.8. The number of nitrogens with two attached hydrogens (primary N) is 1. The van der Waals surface area contributed by atoms with Crippen molar-refractivity contribution in [2.45, 2.75) is 6.42 Å². The van der Waals surface area contributed by atoms with E-state index < -0.39 is 10.0 Å². The van der Waals surface area contributed by atoms with Crippen molar-refractivity contribution in [3.05, 3.63) is 0 Å². The summed E-state index contributed by atoms with van der Waals surface area (Å²) in [6, 6.07) is 0. The Bertz CT molecular complexity index is 191. The number of nitrogens with one attached hydrogen (secondary N) is 2. The van der Waals surface area contributed by atoms with Crippen molar-refractivity contribution in [2.75, 3.05) is 32.4 Å². The lowest BCUT2D eigenvalue weighted by Gasteiger charge is -2.03. The van der Waals surface area contributed by atoms with Gasteiger partial charge in [-0.2, -0.15) is 0 Å². The van der Waals surface area contributed by atoms with E-state index in [0.29, 0.717) is 13.1 Å². The van der Waals surface area contributed by atoms with Crippen LogP contribution in [0.25, 0.3) is 0 Å². The monoisotopic (exact) mass is 195 g/mol. The molecule has 0 aromatic carbocycles. The predicted molar refractivity (Wildman–Crippen MR) is 49.4 cm³/mol. The molecule has 0 saturated carbocycles. The first-order chi connectivity index (χ1) is 5.62. The van der Waals surface area contributed by atoms with E-state index in [-0.39, 0.29) is 5.75 Å². The van der Waals surface area contributed by atoms with Crippen LogP contribution in [0, 0.1) is 0 Å². The first-order valence-corrected chi connectivity index (χ1v) is 5.59. The van der Waals surface area contributed by atoms with Crippen LogP contribution in [-0.4, -0.2) is 40.9 Å². The molecule has 0 amide bonds. The highest BCUT2D eigenvalue weighted by atomic mass is 32.2. The van der Waals surface area contributed by atoms with Crippen LogP contribution in [0.4, 0.5) is 0 Å². The lowest BCUT2D eigenvalue weighted by Crippen LogP contribution is -2.30. The van der Waals surface area contributed by atoms with Crippen molar-refractivity contribution in [3.63, 3.8) is 0 Å². The van der Waals surface area contributed by atoms with Crippen molar-refractivity contribution in [2.24, 2.45) is 5.73 Å². The van der Waals surface area contributed by atoms with E-state index in [9.17, 15) is 8.42 Å². The summed E-state index contributed by atoms with van der Waals surface area (Å²) >= 11 is 0. The summed E-state index contributed by atoms with van der Waals surface area (Å²) < 4.78 is 24.0. The summed E-state index contributed by atoms with van der Waals surface area (Å²) in [4.78, 5) is 0. The van der Waals surface area contributed by atoms with E-state index in [1.807, 2.05) is 0 Å². The van der Waals surface area contributed by atoms with Gasteiger partial charge < -0.3 is 11.1 Å². The third kappa shape index (κ3) is 6.53. The second-order valence-corrected chi connectivity index (χ2v) is 4.46. The third-order valence-corrected chi connectivity index (χ3v) is 2.78. The van der Waals surface area contributed by atoms with Gasteiger partial charge in [-0.25, -0.2) is 13.1 Å². The molecule has 0 aromatic rings. The summed E-state index contributed by atoms with van der Waals surface area (Å²) in [6.45, 7) is 1.88. The van der Waals surface area contributed by atoms with Gasteiger partial charge in [-0.05, 0) is 26.6 Å². The topological polar surface area (TPSA) is 84.2 Å². The maximum absolute atomic E-state index is 10.9. The fourth-order valence-electron chi connectivity index (χ4n) is 0.661. The zero-order valence-electron chi connectivity index (χ0n) is 7.34. The second-order valence-electron chi connectivity index (χ2n) is 2.42. The highest BCUT2D eigenvalue weighted by Crippen LogP contribution is 1.79. The molecule has 74 valence electrons. The summed E-state index contributed by atoms with van der Waals surface area (Å²) in [5, 5.41) is 2.98. The van der Waals surface area contributed by atoms with Crippen molar-refractivity contribution in [1.29, 1.82) is 0 Å². The van der Waals surface area contributed by atoms with Gasteiger partial charge in [-0.15, -0.1) is 0 Å². The average molecular weight is 195 g/mol. The molecule has 6 heteroatoms. The molecule has 4 N–H and O–H groups in total. The maximum atomic E-state index is 10.9. The molecule has 12 heavy (non-hydrogen) atoms. The summed E-state index contributed by atoms with van der Waals surface area (Å²) in [6.07, 6.45) is 0.875. The maximum Gasteiger partial charge on any atom is 0.212 e. The highest BCUT2D eigenvalue weighted by Gasteiger charge is 2.04. The lowest BCUT2D eigenvalue weighted by atomic mass is 10.4. The van der Waals surface area contributed by atoms with Gasteiger partial charge in [-0.3, -0.25) is 0 Å². The molecule has 0 fully saturated rings. The first-order valence-electron chi connectivity index (χ1n) is 3.94. The third-order valence-electron chi connectivity index (χ3n) is 1.42. The van der Waals surface area contributed by atoms with Crippen LogP contribution in [0.15, 0.2) is 0 Å². The zero-order chi connectivity index (χ0) is 9.45. The molecule has 0 rings (SSSR count). The Kier molecular flexibility index (Phi) is 6.27. The molecule has 0 saturated heterocycles. The standard InChI is InChI=1S/C6H17N3O2S/c1-8-12(10,11)6-5-9-4-2-3-7/h8-9H,2-7H2,1H3. The van der Waals surface area contributed by atoms with E-state index >= 15 is 0 Å². The van der Waals surface area contributed by atoms with Crippen LogP contribution in [0.1, 0.15) is 6.42 Å². The van der Waals surface area contributed by atoms with Crippen molar-refractivity contribution in [1.82, 2.24) is 10.0 Å². The zero-order valence-corrected chi connectivity index (χ0v) is 8.15. The van der Waals surface area contributed by atoms with Crippen molar-refractivity contribution >= 4 is 10.0 Å². The molecule has 0 atom stereocenters. The molecule has 0 unspecified atom stereocenters. The van der Waals surface area contributed by atoms with Crippen LogP contribution in [0.5, 0.6) is 0 Å². The largest absolute Gasteiger partial charge is 0.330 e. The Morgan fingerprint density at radius 1 is 1.33 bits per heavy atom. The second kappa shape index (κ2) is 6.36. The number of rotatable bonds is 7. The van der Waals surface area contributed by atoms with Gasteiger partial charge in [0, 0.05) is 6.54 Å². The van der Waals surface area contributed by atoms with Crippen molar-refractivity contribution < 1.29 is 8.42 Å². The Labute approximate surface area is 73.8 Å². The molecule has 0 aliphatic heterocycles. The minimum absolute atomic E-state index is 0.119. The molecule has 0 radical (unpaired) electrons. The summed E-state index contributed by atoms with van der Waals surface area (Å²) in [7, 11) is -1.64. The van der Waals surface area contributed by atoms with E-state index in [1.54, 1.807) is 0 Å². The minimum Gasteiger partial charge on any atom is -0.330 e. The van der Waals surface area contributed by atoms with Gasteiger partial charge >= 0.3 is 0 Å². The Hall–Kier alpha value is -0.170. The minimum atomic E-state index is -3.05. The molecule has 0 bridgehead atoms. The summed E-state index contributed by atoms with van der Waals surface area (Å²) in [5.74, 6) is 0.119. The van der Waals surface area contributed by atoms with Gasteiger partial charge in [-0.1, -0.05) is 0 Å². The fraction of sp³-hybridized carbons (Fsp3) is 1.00. The van der Waals surface area contributed by atoms with Crippen LogP contribution in [0.2, 0.25) is 0 Å². The summed E-state index contributed by atoms with van der Waals surface area (Å²) in [5.41, 5.74) is 5.25. The molecule has 0 spiro atoms. The fourth-order valence-corrected chi connectivity index (χ4v) is 1.28. The smallest absolute Gasteiger partial charge is 0.212 e. The van der Waals surface area contributed by atoms with E-state index in [4.69, 9.17) is 5.73 Å². The van der Waals surface area contributed by atoms with Gasteiger partial charge in [0.15, 0.2) is 0 Å². The van der Waals surface area contributed by atoms with Crippen LogP contribution in [-0.2, 0) is 10.0 Å². The highest BCUT2D eigenvalue weighted by molar-refractivity contribution is 7.89. The predicted octanol–water partition coefficient (Wildman–Crippen LogP) is -1.53. The van der Waals surface area contributed by atoms with Crippen LogP contribution in [0.3, 0.4) is 0 Å². The Balaban J connectivity index is 3.32. The average Bonchev–Trinajstić information content (AvgIpc) is 2.04. The van der Waals surface area contributed by atoms with Gasteiger partial charge in [0.05, 0.1) is 5.75 Å². The van der Waals surface area contributed by atoms with E-state index in [0.717, 1.165) is 13.0 Å². The Morgan fingerprint density at radius 2 is 2.00 bits per heavy atom. The van der Waals surface area contributed by atoms with Gasteiger partial charge in [0.2, 0.25) is 10.0 Å². The molecule has 0 aromatic heterocycles. The Morgan fingerprint density at radius 3 is 2.50 bits per heavy atom. The molecule has 5 nitrogen and oxygen atoms in total.